The third-order valence-electron chi connectivity index (χ3n) is 4.88. The predicted octanol–water partition coefficient (Wildman–Crippen LogP) is 2.36. The van der Waals surface area contributed by atoms with E-state index in [0.717, 1.165) is 0 Å². The van der Waals surface area contributed by atoms with Gasteiger partial charge >= 0.3 is 6.61 Å². The van der Waals surface area contributed by atoms with Crippen LogP contribution in [0.3, 0.4) is 0 Å². The van der Waals surface area contributed by atoms with Crippen LogP contribution in [-0.2, 0) is 21.2 Å². The van der Waals surface area contributed by atoms with Gasteiger partial charge in [-0.15, -0.1) is 0 Å². The third kappa shape index (κ3) is 4.96. The fourth-order valence-electron chi connectivity index (χ4n) is 3.43. The van der Waals surface area contributed by atoms with Crippen LogP contribution in [0.1, 0.15) is 23.4 Å². The Morgan fingerprint density at radius 1 is 1.17 bits per heavy atom. The van der Waals surface area contributed by atoms with Crippen molar-refractivity contribution < 1.29 is 31.3 Å². The highest BCUT2D eigenvalue weighted by atomic mass is 32.2. The number of ether oxygens (including phenoxy) is 1. The number of nitrogens with zero attached hydrogens (tertiary/aromatic N) is 3. The van der Waals surface area contributed by atoms with E-state index in [9.17, 15) is 22.0 Å². The molecule has 1 aromatic heterocycles. The SMILES string of the molecule is Cc1noc(C)c1S(=O)(=O)N1CCCN(C(=O)Cc2ccc(OC(F)F)cc2)CC1. The lowest BCUT2D eigenvalue weighted by molar-refractivity contribution is -0.130. The van der Waals surface area contributed by atoms with Crippen LogP contribution in [0.25, 0.3) is 0 Å². The zero-order valence-corrected chi connectivity index (χ0v) is 17.5. The summed E-state index contributed by atoms with van der Waals surface area (Å²) in [6.45, 7) is 1.37. The summed E-state index contributed by atoms with van der Waals surface area (Å²) >= 11 is 0. The number of halogens is 2. The number of carbonyl (C=O) groups excluding carboxylic acids is 1. The molecule has 0 atom stereocenters. The van der Waals surface area contributed by atoms with Gasteiger partial charge < -0.3 is 14.2 Å². The lowest BCUT2D eigenvalue weighted by Crippen LogP contribution is -2.38. The summed E-state index contributed by atoms with van der Waals surface area (Å²) in [6, 6.07) is 5.88. The normalized spacial score (nSPS) is 16.0. The summed E-state index contributed by atoms with van der Waals surface area (Å²) in [7, 11) is -3.76. The summed E-state index contributed by atoms with van der Waals surface area (Å²) in [5, 5.41) is 3.72. The van der Waals surface area contributed by atoms with Crippen LogP contribution in [0.4, 0.5) is 8.78 Å². The maximum atomic E-state index is 13.0. The topological polar surface area (TPSA) is 93.0 Å². The first kappa shape index (κ1) is 22.2. The van der Waals surface area contributed by atoms with Gasteiger partial charge in [0.1, 0.15) is 16.3 Å². The average Bonchev–Trinajstić information content (AvgIpc) is 2.88. The van der Waals surface area contributed by atoms with Crippen LogP contribution in [0.5, 0.6) is 5.75 Å². The molecule has 0 saturated carbocycles. The number of aromatic nitrogens is 1. The molecular formula is C19H23F2N3O5S. The monoisotopic (exact) mass is 443 g/mol. The molecule has 8 nitrogen and oxygen atoms in total. The summed E-state index contributed by atoms with van der Waals surface area (Å²) in [6.07, 6.45) is 0.584. The van der Waals surface area contributed by atoms with Crippen molar-refractivity contribution in [2.45, 2.75) is 38.2 Å². The van der Waals surface area contributed by atoms with Crippen molar-refractivity contribution in [3.8, 4) is 5.75 Å². The number of benzene rings is 1. The molecule has 0 aliphatic carbocycles. The molecule has 30 heavy (non-hydrogen) atoms. The van der Waals surface area contributed by atoms with Gasteiger partial charge in [-0.05, 0) is 38.0 Å². The molecule has 0 radical (unpaired) electrons. The second-order valence-electron chi connectivity index (χ2n) is 6.99. The molecular weight excluding hydrogens is 420 g/mol. The molecule has 1 fully saturated rings. The van der Waals surface area contributed by atoms with E-state index < -0.39 is 16.6 Å². The van der Waals surface area contributed by atoms with Gasteiger partial charge in [0.2, 0.25) is 15.9 Å². The Morgan fingerprint density at radius 2 is 1.87 bits per heavy atom. The van der Waals surface area contributed by atoms with Gasteiger partial charge in [-0.1, -0.05) is 17.3 Å². The Morgan fingerprint density at radius 3 is 2.47 bits per heavy atom. The summed E-state index contributed by atoms with van der Waals surface area (Å²) in [5.74, 6) is 0.106. The molecule has 1 aliphatic heterocycles. The number of aryl methyl sites for hydroxylation is 2. The van der Waals surface area contributed by atoms with Gasteiger partial charge in [-0.3, -0.25) is 4.79 Å². The van der Waals surface area contributed by atoms with Gasteiger partial charge in [0.05, 0.1) is 6.42 Å². The number of hydrogen-bond donors (Lipinski definition) is 0. The zero-order valence-electron chi connectivity index (χ0n) is 16.7. The van der Waals surface area contributed by atoms with Gasteiger partial charge in [-0.2, -0.15) is 13.1 Å². The first-order valence-corrected chi connectivity index (χ1v) is 10.9. The van der Waals surface area contributed by atoms with Crippen LogP contribution in [0.15, 0.2) is 33.7 Å². The fourth-order valence-corrected chi connectivity index (χ4v) is 5.19. The molecule has 1 aliphatic rings. The number of rotatable bonds is 6. The molecule has 0 bridgehead atoms. The molecule has 1 amide bonds. The zero-order chi connectivity index (χ0) is 21.9. The Kier molecular flexibility index (Phi) is 6.71. The van der Waals surface area contributed by atoms with Crippen molar-refractivity contribution >= 4 is 15.9 Å². The van der Waals surface area contributed by atoms with Gasteiger partial charge in [0.25, 0.3) is 0 Å². The Labute approximate surface area is 173 Å². The average molecular weight is 443 g/mol. The van der Waals surface area contributed by atoms with Crippen molar-refractivity contribution in [2.24, 2.45) is 0 Å². The quantitative estimate of drug-likeness (QED) is 0.681. The van der Waals surface area contributed by atoms with Gasteiger partial charge in [-0.25, -0.2) is 8.42 Å². The molecule has 1 saturated heterocycles. The number of carbonyl (C=O) groups is 1. The van der Waals surface area contributed by atoms with Crippen molar-refractivity contribution in [1.29, 1.82) is 0 Å². The maximum absolute atomic E-state index is 13.0. The lowest BCUT2D eigenvalue weighted by atomic mass is 10.1. The highest BCUT2D eigenvalue weighted by molar-refractivity contribution is 7.89. The summed E-state index contributed by atoms with van der Waals surface area (Å²) in [5.41, 5.74) is 0.968. The summed E-state index contributed by atoms with van der Waals surface area (Å²) < 4.78 is 61.0. The van der Waals surface area contributed by atoms with Gasteiger partial charge in [0.15, 0.2) is 5.76 Å². The first-order chi connectivity index (χ1) is 14.2. The molecule has 11 heteroatoms. The van der Waals surface area contributed by atoms with Crippen LogP contribution in [0.2, 0.25) is 0 Å². The standard InChI is InChI=1S/C19H23F2N3O5S/c1-13-18(14(2)29-22-13)30(26,27)24-9-3-8-23(10-11-24)17(25)12-15-4-6-16(7-5-15)28-19(20)21/h4-7,19H,3,8-12H2,1-2H3. The van der Waals surface area contributed by atoms with Crippen molar-refractivity contribution in [1.82, 2.24) is 14.4 Å². The molecule has 0 spiro atoms. The Bertz CT molecular complexity index is 973. The van der Waals surface area contributed by atoms with Crippen molar-refractivity contribution in [3.63, 3.8) is 0 Å². The van der Waals surface area contributed by atoms with Crippen molar-refractivity contribution in [3.05, 3.63) is 41.3 Å². The van der Waals surface area contributed by atoms with E-state index in [2.05, 4.69) is 9.89 Å². The van der Waals surface area contributed by atoms with E-state index in [1.807, 2.05) is 0 Å². The van der Waals surface area contributed by atoms with E-state index in [1.54, 1.807) is 30.9 Å². The smallest absolute Gasteiger partial charge is 0.387 e. The minimum Gasteiger partial charge on any atom is -0.435 e. The van der Waals surface area contributed by atoms with E-state index in [-0.39, 0.29) is 48.4 Å². The third-order valence-corrected chi connectivity index (χ3v) is 7.02. The maximum Gasteiger partial charge on any atom is 0.387 e. The molecule has 1 aromatic carbocycles. The highest BCUT2D eigenvalue weighted by Crippen LogP contribution is 2.24. The summed E-state index contributed by atoms with van der Waals surface area (Å²) in [4.78, 5) is 14.4. The van der Waals surface area contributed by atoms with Gasteiger partial charge in [0, 0.05) is 26.2 Å². The van der Waals surface area contributed by atoms with E-state index in [4.69, 9.17) is 4.52 Å². The molecule has 2 heterocycles. The number of hydrogen-bond acceptors (Lipinski definition) is 6. The second kappa shape index (κ2) is 9.09. The predicted molar refractivity (Wildman–Crippen MR) is 103 cm³/mol. The largest absolute Gasteiger partial charge is 0.435 e. The van der Waals surface area contributed by atoms with E-state index in [1.165, 1.54) is 16.4 Å². The molecule has 3 rings (SSSR count). The van der Waals surface area contributed by atoms with Crippen molar-refractivity contribution in [2.75, 3.05) is 26.2 Å². The number of alkyl halides is 2. The van der Waals surface area contributed by atoms with Crippen LogP contribution < -0.4 is 4.74 Å². The second-order valence-corrected chi connectivity index (χ2v) is 8.87. The van der Waals surface area contributed by atoms with E-state index in [0.29, 0.717) is 24.2 Å². The number of sulfonamides is 1. The van der Waals surface area contributed by atoms with E-state index >= 15 is 0 Å². The van der Waals surface area contributed by atoms with Crippen LogP contribution in [-0.4, -0.2) is 61.5 Å². The molecule has 0 N–H and O–H groups in total. The lowest BCUT2D eigenvalue weighted by Gasteiger charge is -2.22. The number of amides is 1. The minimum absolute atomic E-state index is 0.0242. The highest BCUT2D eigenvalue weighted by Gasteiger charge is 2.32. The molecule has 164 valence electrons. The first-order valence-electron chi connectivity index (χ1n) is 9.43. The Balaban J connectivity index is 1.63. The Hall–Kier alpha value is -2.53. The fraction of sp³-hybridized carbons (Fsp3) is 0.474. The van der Waals surface area contributed by atoms with Crippen LogP contribution in [0, 0.1) is 13.8 Å². The van der Waals surface area contributed by atoms with Crippen LogP contribution >= 0.6 is 0 Å². The molecule has 2 aromatic rings. The molecule has 0 unspecified atom stereocenters. The minimum atomic E-state index is -3.76.